The summed E-state index contributed by atoms with van der Waals surface area (Å²) in [4.78, 5) is 11.1. The molecule has 3 atom stereocenters. The number of hydrogen-bond acceptors (Lipinski definition) is 2. The summed E-state index contributed by atoms with van der Waals surface area (Å²) in [5.74, 6) is 0.639. The number of hydrogen-bond donors (Lipinski definition) is 0. The van der Waals surface area contributed by atoms with Crippen LogP contribution in [0.3, 0.4) is 0 Å². The summed E-state index contributed by atoms with van der Waals surface area (Å²) < 4.78 is 2.16. The van der Waals surface area contributed by atoms with Gasteiger partial charge in [-0.2, -0.15) is 0 Å². The number of Topliss-reactive ketones (excluding diaryl/α,β-unsaturated/α-hetero) is 1. The highest BCUT2D eigenvalue weighted by molar-refractivity contribution is 7.13. The summed E-state index contributed by atoms with van der Waals surface area (Å²) in [7, 11) is 2.67. The topological polar surface area (TPSA) is 20.3 Å². The predicted molar refractivity (Wildman–Crippen MR) is 44.7 cm³/mol. The molecule has 0 bridgehead atoms. The highest BCUT2D eigenvalue weighted by atomic mass is 31.0. The molecule has 10 heavy (non-hydrogen) atoms. The van der Waals surface area contributed by atoms with Crippen molar-refractivity contribution in [3.8, 4) is 0 Å². The molecule has 0 saturated carbocycles. The van der Waals surface area contributed by atoms with Crippen molar-refractivity contribution in [3.05, 3.63) is 0 Å². The highest BCUT2D eigenvalue weighted by Crippen LogP contribution is 2.20. The summed E-state index contributed by atoms with van der Waals surface area (Å²) in [6, 6.07) is 0.411. The van der Waals surface area contributed by atoms with E-state index in [9.17, 15) is 4.79 Å². The average Bonchev–Trinajstić information content (AvgIpc) is 1.84. The second kappa shape index (κ2) is 2.98. The Hall–Kier alpha value is 0.0600. The first-order valence-electron chi connectivity index (χ1n) is 3.65. The van der Waals surface area contributed by atoms with Crippen LogP contribution in [0.4, 0.5) is 0 Å². The fourth-order valence-electron chi connectivity index (χ4n) is 1.21. The largest absolute Gasteiger partial charge is 0.299 e. The number of rotatable bonds is 0. The molecular formula is C7H14NOP. The molecule has 0 N–H and O–H groups in total. The van der Waals surface area contributed by atoms with Crippen LogP contribution < -0.4 is 0 Å². The van der Waals surface area contributed by atoms with Crippen LogP contribution in [-0.2, 0) is 4.79 Å². The van der Waals surface area contributed by atoms with Crippen molar-refractivity contribution in [2.24, 2.45) is 5.92 Å². The Kier molecular flexibility index (Phi) is 2.43. The Morgan fingerprint density at radius 2 is 2.20 bits per heavy atom. The van der Waals surface area contributed by atoms with Gasteiger partial charge in [0.05, 0.1) is 0 Å². The van der Waals surface area contributed by atoms with Gasteiger partial charge < -0.3 is 0 Å². The molecule has 2 nitrogen and oxygen atoms in total. The number of piperidine rings is 1. The lowest BCUT2D eigenvalue weighted by Crippen LogP contribution is -2.39. The molecule has 0 spiro atoms. The third kappa shape index (κ3) is 1.56. The fourth-order valence-corrected chi connectivity index (χ4v) is 1.63. The Labute approximate surface area is 64.2 Å². The van der Waals surface area contributed by atoms with E-state index in [4.69, 9.17) is 0 Å². The summed E-state index contributed by atoms with van der Waals surface area (Å²) in [5, 5.41) is 0. The van der Waals surface area contributed by atoms with Gasteiger partial charge >= 0.3 is 0 Å². The fraction of sp³-hybridized carbons (Fsp3) is 0.857. The molecule has 0 aromatic heterocycles. The van der Waals surface area contributed by atoms with Gasteiger partial charge in [0, 0.05) is 24.9 Å². The van der Waals surface area contributed by atoms with Gasteiger partial charge in [-0.05, 0) is 6.92 Å². The average molecular weight is 159 g/mol. The second-order valence-electron chi connectivity index (χ2n) is 3.12. The summed E-state index contributed by atoms with van der Waals surface area (Å²) in [6.07, 6.45) is 0.713. The number of carbonyl (C=O) groups is 1. The second-order valence-corrected chi connectivity index (χ2v) is 3.78. The van der Waals surface area contributed by atoms with Crippen molar-refractivity contribution in [3.63, 3.8) is 0 Å². The van der Waals surface area contributed by atoms with Crippen LogP contribution in [0.1, 0.15) is 20.3 Å². The Balaban J connectivity index is 2.54. The first kappa shape index (κ1) is 8.16. The molecule has 0 aromatic rings. The third-order valence-electron chi connectivity index (χ3n) is 2.10. The van der Waals surface area contributed by atoms with Crippen molar-refractivity contribution < 1.29 is 4.79 Å². The molecule has 1 heterocycles. The predicted octanol–water partition coefficient (Wildman–Crippen LogP) is 1.08. The minimum atomic E-state index is 0.230. The molecule has 0 aliphatic carbocycles. The molecule has 1 aliphatic heterocycles. The van der Waals surface area contributed by atoms with Gasteiger partial charge in [-0.25, -0.2) is 0 Å². The Morgan fingerprint density at radius 3 is 2.70 bits per heavy atom. The Bertz CT molecular complexity index is 149. The lowest BCUT2D eigenvalue weighted by Gasteiger charge is -2.31. The van der Waals surface area contributed by atoms with Gasteiger partial charge in [-0.3, -0.25) is 9.46 Å². The minimum absolute atomic E-state index is 0.230. The van der Waals surface area contributed by atoms with E-state index >= 15 is 0 Å². The van der Waals surface area contributed by atoms with Gasteiger partial charge in [0.25, 0.3) is 0 Å². The van der Waals surface area contributed by atoms with E-state index in [-0.39, 0.29) is 5.92 Å². The molecule has 0 amide bonds. The Morgan fingerprint density at radius 1 is 1.60 bits per heavy atom. The van der Waals surface area contributed by atoms with Crippen molar-refractivity contribution >= 4 is 15.2 Å². The zero-order chi connectivity index (χ0) is 7.72. The van der Waals surface area contributed by atoms with Crippen LogP contribution in [0.2, 0.25) is 0 Å². The maximum atomic E-state index is 11.1. The first-order valence-corrected chi connectivity index (χ1v) is 4.17. The van der Waals surface area contributed by atoms with Crippen LogP contribution in [0.15, 0.2) is 0 Å². The number of ketones is 1. The zero-order valence-corrected chi connectivity index (χ0v) is 7.66. The standard InChI is InChI=1S/C7H14NOP/c1-5-4-8(10)6(2)3-7(5)9/h5-6H,3-4,10H2,1-2H3. The van der Waals surface area contributed by atoms with Gasteiger partial charge in [0.2, 0.25) is 0 Å². The van der Waals surface area contributed by atoms with Crippen molar-refractivity contribution in [1.29, 1.82) is 0 Å². The molecular weight excluding hydrogens is 145 g/mol. The van der Waals surface area contributed by atoms with E-state index < -0.39 is 0 Å². The molecule has 1 saturated heterocycles. The van der Waals surface area contributed by atoms with Crippen molar-refractivity contribution in [2.45, 2.75) is 26.3 Å². The normalized spacial score (nSPS) is 36.5. The van der Waals surface area contributed by atoms with Crippen LogP contribution in [0.5, 0.6) is 0 Å². The maximum absolute atomic E-state index is 11.1. The van der Waals surface area contributed by atoms with E-state index in [1.54, 1.807) is 0 Å². The van der Waals surface area contributed by atoms with Gasteiger partial charge in [0.15, 0.2) is 0 Å². The number of nitrogens with zero attached hydrogens (tertiary/aromatic N) is 1. The smallest absolute Gasteiger partial charge is 0.138 e. The minimum Gasteiger partial charge on any atom is -0.299 e. The van der Waals surface area contributed by atoms with E-state index in [1.807, 2.05) is 6.92 Å². The van der Waals surface area contributed by atoms with Crippen LogP contribution >= 0.6 is 9.39 Å². The molecule has 1 rings (SSSR count). The van der Waals surface area contributed by atoms with Crippen molar-refractivity contribution in [2.75, 3.05) is 6.54 Å². The molecule has 3 unspecified atom stereocenters. The van der Waals surface area contributed by atoms with Crippen LogP contribution in [0.25, 0.3) is 0 Å². The van der Waals surface area contributed by atoms with Gasteiger partial charge in [0.1, 0.15) is 5.78 Å². The lowest BCUT2D eigenvalue weighted by molar-refractivity contribution is -0.125. The molecule has 0 radical (unpaired) electrons. The molecule has 0 aromatic carbocycles. The zero-order valence-electron chi connectivity index (χ0n) is 6.50. The van der Waals surface area contributed by atoms with E-state index in [0.29, 0.717) is 18.2 Å². The monoisotopic (exact) mass is 159 g/mol. The molecule has 3 heteroatoms. The number of carbonyl (C=O) groups excluding carboxylic acids is 1. The summed E-state index contributed by atoms with van der Waals surface area (Å²) in [6.45, 7) is 4.96. The molecule has 1 fully saturated rings. The van der Waals surface area contributed by atoms with Gasteiger partial charge in [-0.15, -0.1) is 0 Å². The SMILES string of the molecule is CC1CN(P)C(C)CC1=O. The molecule has 58 valence electrons. The van der Waals surface area contributed by atoms with Crippen molar-refractivity contribution in [1.82, 2.24) is 4.67 Å². The summed E-state index contributed by atoms with van der Waals surface area (Å²) >= 11 is 0. The van der Waals surface area contributed by atoms with E-state index in [1.165, 1.54) is 0 Å². The van der Waals surface area contributed by atoms with E-state index in [0.717, 1.165) is 6.54 Å². The molecule has 1 aliphatic rings. The first-order chi connectivity index (χ1) is 4.61. The third-order valence-corrected chi connectivity index (χ3v) is 2.82. The van der Waals surface area contributed by atoms with Crippen LogP contribution in [0, 0.1) is 5.92 Å². The van der Waals surface area contributed by atoms with Crippen LogP contribution in [-0.4, -0.2) is 23.0 Å². The maximum Gasteiger partial charge on any atom is 0.138 e. The van der Waals surface area contributed by atoms with E-state index in [2.05, 4.69) is 21.0 Å². The summed E-state index contributed by atoms with van der Waals surface area (Å²) in [5.41, 5.74) is 0. The van der Waals surface area contributed by atoms with Gasteiger partial charge in [-0.1, -0.05) is 16.3 Å². The lowest BCUT2D eigenvalue weighted by atomic mass is 9.96. The highest BCUT2D eigenvalue weighted by Gasteiger charge is 2.26. The quantitative estimate of drug-likeness (QED) is 0.493.